The van der Waals surface area contributed by atoms with Crippen LogP contribution in [0.5, 0.6) is 0 Å². The van der Waals surface area contributed by atoms with Gasteiger partial charge in [-0.15, -0.1) is 0 Å². The smallest absolute Gasteiger partial charge is 0.0573 e. The van der Waals surface area contributed by atoms with Gasteiger partial charge in [-0.2, -0.15) is 0 Å². The van der Waals surface area contributed by atoms with E-state index in [1.54, 1.807) is 0 Å². The highest BCUT2D eigenvalue weighted by molar-refractivity contribution is 5.17. The Kier molecular flexibility index (Phi) is 4.72. The van der Waals surface area contributed by atoms with Gasteiger partial charge in [0.15, 0.2) is 0 Å². The van der Waals surface area contributed by atoms with Crippen molar-refractivity contribution in [2.24, 2.45) is 0 Å². The predicted molar refractivity (Wildman–Crippen MR) is 75.5 cm³/mol. The van der Waals surface area contributed by atoms with Crippen LogP contribution in [0.1, 0.15) is 37.9 Å². The van der Waals surface area contributed by atoms with E-state index in [0.29, 0.717) is 12.1 Å². The van der Waals surface area contributed by atoms with Gasteiger partial charge in [0.05, 0.1) is 5.69 Å². The molecule has 1 saturated heterocycles. The maximum atomic E-state index is 4.53. The maximum Gasteiger partial charge on any atom is 0.0573 e. The van der Waals surface area contributed by atoms with Crippen LogP contribution in [0.3, 0.4) is 0 Å². The average molecular weight is 247 g/mol. The number of pyridine rings is 1. The highest BCUT2D eigenvalue weighted by atomic mass is 15.2. The third kappa shape index (κ3) is 3.09. The first-order valence-corrected chi connectivity index (χ1v) is 7.12. The van der Waals surface area contributed by atoms with Crippen molar-refractivity contribution in [3.8, 4) is 0 Å². The van der Waals surface area contributed by atoms with Crippen molar-refractivity contribution in [1.82, 2.24) is 15.2 Å². The summed E-state index contributed by atoms with van der Waals surface area (Å²) < 4.78 is 0. The average Bonchev–Trinajstić information content (AvgIpc) is 2.41. The van der Waals surface area contributed by atoms with E-state index in [9.17, 15) is 0 Å². The van der Waals surface area contributed by atoms with Gasteiger partial charge < -0.3 is 5.32 Å². The molecule has 2 heterocycles. The Hall–Kier alpha value is -0.930. The molecule has 2 atom stereocenters. The molecule has 2 rings (SSSR count). The van der Waals surface area contributed by atoms with Gasteiger partial charge in [0, 0.05) is 37.9 Å². The SMILES string of the molecule is CCC1CN(Cc2ncccc2C)C(CC)CN1. The van der Waals surface area contributed by atoms with E-state index in [1.165, 1.54) is 24.1 Å². The molecule has 0 aromatic carbocycles. The molecule has 100 valence electrons. The van der Waals surface area contributed by atoms with E-state index in [2.05, 4.69) is 42.0 Å². The highest BCUT2D eigenvalue weighted by Crippen LogP contribution is 2.16. The van der Waals surface area contributed by atoms with Crippen LogP contribution >= 0.6 is 0 Å². The fourth-order valence-corrected chi connectivity index (χ4v) is 2.67. The van der Waals surface area contributed by atoms with Crippen molar-refractivity contribution in [2.45, 2.75) is 52.2 Å². The van der Waals surface area contributed by atoms with Crippen molar-refractivity contribution in [2.75, 3.05) is 13.1 Å². The van der Waals surface area contributed by atoms with Crippen LogP contribution in [-0.4, -0.2) is 35.1 Å². The molecule has 0 spiro atoms. The number of aromatic nitrogens is 1. The lowest BCUT2D eigenvalue weighted by molar-refractivity contribution is 0.116. The van der Waals surface area contributed by atoms with Gasteiger partial charge >= 0.3 is 0 Å². The minimum absolute atomic E-state index is 0.636. The summed E-state index contributed by atoms with van der Waals surface area (Å²) in [7, 11) is 0. The molecule has 3 nitrogen and oxygen atoms in total. The molecule has 1 aliphatic rings. The van der Waals surface area contributed by atoms with Crippen LogP contribution in [0.4, 0.5) is 0 Å². The zero-order valence-corrected chi connectivity index (χ0v) is 11.8. The Morgan fingerprint density at radius 3 is 2.89 bits per heavy atom. The second-order valence-corrected chi connectivity index (χ2v) is 5.27. The lowest BCUT2D eigenvalue weighted by Gasteiger charge is -2.40. The molecule has 3 heteroatoms. The van der Waals surface area contributed by atoms with E-state index in [1.807, 2.05) is 12.3 Å². The molecule has 0 aliphatic carbocycles. The number of hydrogen-bond acceptors (Lipinski definition) is 3. The summed E-state index contributed by atoms with van der Waals surface area (Å²) in [6.45, 7) is 9.93. The Morgan fingerprint density at radius 1 is 1.39 bits per heavy atom. The minimum atomic E-state index is 0.636. The van der Waals surface area contributed by atoms with E-state index in [4.69, 9.17) is 0 Å². The first kappa shape index (κ1) is 13.5. The van der Waals surface area contributed by atoms with Crippen molar-refractivity contribution >= 4 is 0 Å². The van der Waals surface area contributed by atoms with Crippen molar-refractivity contribution in [1.29, 1.82) is 0 Å². The fraction of sp³-hybridized carbons (Fsp3) is 0.667. The van der Waals surface area contributed by atoms with E-state index in [-0.39, 0.29) is 0 Å². The van der Waals surface area contributed by atoms with Gasteiger partial charge in [0.1, 0.15) is 0 Å². The molecule has 1 fully saturated rings. The molecule has 0 saturated carbocycles. The molecule has 1 aromatic rings. The Morgan fingerprint density at radius 2 is 2.22 bits per heavy atom. The van der Waals surface area contributed by atoms with Crippen LogP contribution in [-0.2, 0) is 6.54 Å². The molecule has 0 bridgehead atoms. The molecular weight excluding hydrogens is 222 g/mol. The van der Waals surface area contributed by atoms with E-state index < -0.39 is 0 Å². The van der Waals surface area contributed by atoms with Crippen LogP contribution in [0, 0.1) is 6.92 Å². The zero-order chi connectivity index (χ0) is 13.0. The number of aryl methyl sites for hydroxylation is 1. The Bertz CT molecular complexity index is 378. The summed E-state index contributed by atoms with van der Waals surface area (Å²) in [5.41, 5.74) is 2.53. The normalized spacial score (nSPS) is 25.3. The fourth-order valence-electron chi connectivity index (χ4n) is 2.67. The number of rotatable bonds is 4. The van der Waals surface area contributed by atoms with Gasteiger partial charge in [0.25, 0.3) is 0 Å². The molecule has 1 N–H and O–H groups in total. The molecular formula is C15H25N3. The lowest BCUT2D eigenvalue weighted by atomic mass is 10.0. The number of nitrogens with one attached hydrogen (secondary N) is 1. The summed E-state index contributed by atoms with van der Waals surface area (Å²) in [4.78, 5) is 7.13. The van der Waals surface area contributed by atoms with Gasteiger partial charge in [-0.05, 0) is 31.4 Å². The lowest BCUT2D eigenvalue weighted by Crippen LogP contribution is -2.55. The molecule has 0 radical (unpaired) electrons. The molecule has 0 amide bonds. The van der Waals surface area contributed by atoms with Gasteiger partial charge in [-0.3, -0.25) is 9.88 Å². The van der Waals surface area contributed by atoms with Gasteiger partial charge in [-0.1, -0.05) is 19.9 Å². The van der Waals surface area contributed by atoms with Crippen LogP contribution < -0.4 is 5.32 Å². The van der Waals surface area contributed by atoms with E-state index in [0.717, 1.165) is 19.6 Å². The summed E-state index contributed by atoms with van der Waals surface area (Å²) in [6.07, 6.45) is 4.31. The van der Waals surface area contributed by atoms with Crippen molar-refractivity contribution < 1.29 is 0 Å². The highest BCUT2D eigenvalue weighted by Gasteiger charge is 2.26. The first-order valence-electron chi connectivity index (χ1n) is 7.12. The number of piperazine rings is 1. The largest absolute Gasteiger partial charge is 0.311 e. The van der Waals surface area contributed by atoms with Crippen molar-refractivity contribution in [3.63, 3.8) is 0 Å². The molecule has 2 unspecified atom stereocenters. The van der Waals surface area contributed by atoms with Gasteiger partial charge in [-0.25, -0.2) is 0 Å². The molecule has 18 heavy (non-hydrogen) atoms. The third-order valence-corrected chi connectivity index (χ3v) is 4.05. The van der Waals surface area contributed by atoms with E-state index >= 15 is 0 Å². The number of hydrogen-bond donors (Lipinski definition) is 1. The topological polar surface area (TPSA) is 28.2 Å². The summed E-state index contributed by atoms with van der Waals surface area (Å²) in [5, 5.41) is 3.64. The van der Waals surface area contributed by atoms with Gasteiger partial charge in [0.2, 0.25) is 0 Å². The summed E-state index contributed by atoms with van der Waals surface area (Å²) in [6, 6.07) is 5.46. The standard InChI is InChI=1S/C15H25N3/c1-4-13-10-18(14(5-2)9-17-13)11-15-12(3)7-6-8-16-15/h6-8,13-14,17H,4-5,9-11H2,1-3H3. The second-order valence-electron chi connectivity index (χ2n) is 5.27. The Balaban J connectivity index is 2.07. The summed E-state index contributed by atoms with van der Waals surface area (Å²) >= 11 is 0. The monoisotopic (exact) mass is 247 g/mol. The summed E-state index contributed by atoms with van der Waals surface area (Å²) in [5.74, 6) is 0. The predicted octanol–water partition coefficient (Wildman–Crippen LogP) is 2.35. The Labute approximate surface area is 111 Å². The van der Waals surface area contributed by atoms with Crippen LogP contribution in [0.25, 0.3) is 0 Å². The third-order valence-electron chi connectivity index (χ3n) is 4.05. The van der Waals surface area contributed by atoms with Crippen molar-refractivity contribution in [3.05, 3.63) is 29.6 Å². The molecule has 1 aromatic heterocycles. The minimum Gasteiger partial charge on any atom is -0.311 e. The van der Waals surface area contributed by atoms with Crippen LogP contribution in [0.2, 0.25) is 0 Å². The number of nitrogens with zero attached hydrogens (tertiary/aromatic N) is 2. The van der Waals surface area contributed by atoms with Crippen LogP contribution in [0.15, 0.2) is 18.3 Å². The maximum absolute atomic E-state index is 4.53. The zero-order valence-electron chi connectivity index (χ0n) is 11.8. The quantitative estimate of drug-likeness (QED) is 0.885. The second kappa shape index (κ2) is 6.30. The first-order chi connectivity index (χ1) is 8.74. The molecule has 1 aliphatic heterocycles.